The molecule has 1 fully saturated rings. The summed E-state index contributed by atoms with van der Waals surface area (Å²) in [6, 6.07) is 5.63. The lowest BCUT2D eigenvalue weighted by Gasteiger charge is -2.35. The molecule has 0 bridgehead atoms. The van der Waals surface area contributed by atoms with Crippen LogP contribution in [0, 0.1) is 0 Å². The Balaban J connectivity index is 1.79. The molecule has 21 heavy (non-hydrogen) atoms. The molecule has 5 heteroatoms. The highest BCUT2D eigenvalue weighted by Gasteiger charge is 2.18. The van der Waals surface area contributed by atoms with Crippen molar-refractivity contribution in [2.75, 3.05) is 39.3 Å². The number of rotatable bonds is 6. The van der Waals surface area contributed by atoms with Crippen molar-refractivity contribution < 1.29 is 0 Å². The van der Waals surface area contributed by atoms with Crippen LogP contribution < -0.4 is 5.73 Å². The molecule has 2 N–H and O–H groups in total. The molecule has 1 aromatic carbocycles. The Morgan fingerprint density at radius 2 is 1.71 bits per heavy atom. The van der Waals surface area contributed by atoms with Crippen LogP contribution in [0.4, 0.5) is 0 Å². The summed E-state index contributed by atoms with van der Waals surface area (Å²) < 4.78 is 0. The van der Waals surface area contributed by atoms with Crippen LogP contribution in [0.2, 0.25) is 10.0 Å². The summed E-state index contributed by atoms with van der Waals surface area (Å²) in [6.45, 7) is 9.07. The van der Waals surface area contributed by atoms with Crippen LogP contribution in [-0.2, 0) is 0 Å². The van der Waals surface area contributed by atoms with Gasteiger partial charge < -0.3 is 15.5 Å². The van der Waals surface area contributed by atoms with E-state index in [-0.39, 0.29) is 6.04 Å². The molecule has 1 atom stereocenters. The number of piperazine rings is 1. The predicted molar refractivity (Wildman–Crippen MR) is 91.2 cm³/mol. The van der Waals surface area contributed by atoms with Crippen LogP contribution in [0.3, 0.4) is 0 Å². The Morgan fingerprint density at radius 3 is 2.33 bits per heavy atom. The third-order valence-corrected chi connectivity index (χ3v) is 4.98. The van der Waals surface area contributed by atoms with Crippen molar-refractivity contribution in [3.63, 3.8) is 0 Å². The van der Waals surface area contributed by atoms with Crippen molar-refractivity contribution in [2.24, 2.45) is 5.73 Å². The Hall–Kier alpha value is -0.320. The average Bonchev–Trinajstić information content (AvgIpc) is 2.49. The summed E-state index contributed by atoms with van der Waals surface area (Å²) in [6.07, 6.45) is 2.14. The van der Waals surface area contributed by atoms with E-state index in [2.05, 4.69) is 16.7 Å². The molecular weight excluding hydrogens is 305 g/mol. The van der Waals surface area contributed by atoms with Gasteiger partial charge in [-0.15, -0.1) is 0 Å². The summed E-state index contributed by atoms with van der Waals surface area (Å²) in [5.74, 6) is 0. The quantitative estimate of drug-likeness (QED) is 0.868. The van der Waals surface area contributed by atoms with E-state index in [0.29, 0.717) is 10.0 Å². The standard InChI is InChI=1S/C16H25Cl2N3/c1-2-7-20-9-11-21(12-10-20)8-6-15(19)13-4-3-5-14(17)16(13)18/h3-5,15H,2,6-12,19H2,1H3. The maximum absolute atomic E-state index is 6.28. The molecular formula is C16H25Cl2N3. The van der Waals surface area contributed by atoms with Gasteiger partial charge in [-0.05, 0) is 31.0 Å². The molecule has 0 spiro atoms. The van der Waals surface area contributed by atoms with E-state index in [1.165, 1.54) is 26.1 Å². The maximum atomic E-state index is 6.28. The minimum Gasteiger partial charge on any atom is -0.324 e. The van der Waals surface area contributed by atoms with Crippen molar-refractivity contribution in [2.45, 2.75) is 25.8 Å². The van der Waals surface area contributed by atoms with Gasteiger partial charge in [-0.3, -0.25) is 0 Å². The van der Waals surface area contributed by atoms with Gasteiger partial charge in [0, 0.05) is 38.8 Å². The highest BCUT2D eigenvalue weighted by Crippen LogP contribution is 2.30. The molecule has 1 aliphatic heterocycles. The molecule has 1 saturated heterocycles. The van der Waals surface area contributed by atoms with Crippen molar-refractivity contribution in [3.8, 4) is 0 Å². The lowest BCUT2D eigenvalue weighted by molar-refractivity contribution is 0.130. The lowest BCUT2D eigenvalue weighted by atomic mass is 10.0. The van der Waals surface area contributed by atoms with Gasteiger partial charge in [-0.25, -0.2) is 0 Å². The predicted octanol–water partition coefficient (Wildman–Crippen LogP) is 3.41. The van der Waals surface area contributed by atoms with Crippen molar-refractivity contribution in [1.82, 2.24) is 9.80 Å². The molecule has 0 radical (unpaired) electrons. The fourth-order valence-electron chi connectivity index (χ4n) is 2.84. The molecule has 2 rings (SSSR count). The molecule has 118 valence electrons. The summed E-state index contributed by atoms with van der Waals surface area (Å²) >= 11 is 12.3. The topological polar surface area (TPSA) is 32.5 Å². The zero-order valence-electron chi connectivity index (χ0n) is 12.7. The van der Waals surface area contributed by atoms with Crippen LogP contribution in [0.25, 0.3) is 0 Å². The minimum absolute atomic E-state index is 0.0510. The fourth-order valence-corrected chi connectivity index (χ4v) is 3.28. The molecule has 1 heterocycles. The Morgan fingerprint density at radius 1 is 1.10 bits per heavy atom. The van der Waals surface area contributed by atoms with Crippen LogP contribution in [0.15, 0.2) is 18.2 Å². The largest absolute Gasteiger partial charge is 0.324 e. The van der Waals surface area contributed by atoms with E-state index in [4.69, 9.17) is 28.9 Å². The Labute approximate surface area is 138 Å². The van der Waals surface area contributed by atoms with E-state index in [1.807, 2.05) is 12.1 Å². The molecule has 1 aromatic rings. The molecule has 0 aliphatic carbocycles. The van der Waals surface area contributed by atoms with E-state index in [9.17, 15) is 0 Å². The first-order chi connectivity index (χ1) is 10.1. The SMILES string of the molecule is CCCN1CCN(CCC(N)c2cccc(Cl)c2Cl)CC1. The maximum Gasteiger partial charge on any atom is 0.0640 e. The molecule has 0 aromatic heterocycles. The van der Waals surface area contributed by atoms with E-state index in [0.717, 1.165) is 31.6 Å². The Bertz CT molecular complexity index is 445. The van der Waals surface area contributed by atoms with Crippen LogP contribution in [0.5, 0.6) is 0 Å². The van der Waals surface area contributed by atoms with Gasteiger partial charge in [0.25, 0.3) is 0 Å². The fraction of sp³-hybridized carbons (Fsp3) is 0.625. The van der Waals surface area contributed by atoms with Gasteiger partial charge in [0.1, 0.15) is 0 Å². The summed E-state index contributed by atoms with van der Waals surface area (Å²) in [7, 11) is 0. The number of halogens is 2. The molecule has 0 amide bonds. The number of benzene rings is 1. The lowest BCUT2D eigenvalue weighted by Crippen LogP contribution is -2.47. The number of hydrogen-bond donors (Lipinski definition) is 1. The third-order valence-electron chi connectivity index (χ3n) is 4.14. The summed E-state index contributed by atoms with van der Waals surface area (Å²) in [4.78, 5) is 5.02. The van der Waals surface area contributed by atoms with E-state index in [1.54, 1.807) is 6.07 Å². The van der Waals surface area contributed by atoms with Gasteiger partial charge in [0.15, 0.2) is 0 Å². The summed E-state index contributed by atoms with van der Waals surface area (Å²) in [5.41, 5.74) is 7.23. The second-order valence-electron chi connectivity index (χ2n) is 5.72. The van der Waals surface area contributed by atoms with Crippen LogP contribution in [0.1, 0.15) is 31.4 Å². The highest BCUT2D eigenvalue weighted by molar-refractivity contribution is 6.42. The zero-order chi connectivity index (χ0) is 15.2. The molecule has 3 nitrogen and oxygen atoms in total. The average molecular weight is 330 g/mol. The van der Waals surface area contributed by atoms with Gasteiger partial charge in [0.2, 0.25) is 0 Å². The third kappa shape index (κ3) is 4.83. The monoisotopic (exact) mass is 329 g/mol. The van der Waals surface area contributed by atoms with Crippen LogP contribution in [-0.4, -0.2) is 49.1 Å². The van der Waals surface area contributed by atoms with Gasteiger partial charge in [0.05, 0.1) is 10.0 Å². The second kappa shape index (κ2) is 8.35. The van der Waals surface area contributed by atoms with Crippen molar-refractivity contribution in [1.29, 1.82) is 0 Å². The van der Waals surface area contributed by atoms with E-state index < -0.39 is 0 Å². The first kappa shape index (κ1) is 17.0. The van der Waals surface area contributed by atoms with Crippen LogP contribution >= 0.6 is 23.2 Å². The normalized spacial score (nSPS) is 18.9. The van der Waals surface area contributed by atoms with Crippen molar-refractivity contribution >= 4 is 23.2 Å². The highest BCUT2D eigenvalue weighted by atomic mass is 35.5. The zero-order valence-corrected chi connectivity index (χ0v) is 14.2. The molecule has 1 unspecified atom stereocenters. The number of nitrogens with two attached hydrogens (primary N) is 1. The molecule has 1 aliphatic rings. The number of nitrogens with zero attached hydrogens (tertiary/aromatic N) is 2. The Kier molecular flexibility index (Phi) is 6.77. The van der Waals surface area contributed by atoms with Crippen molar-refractivity contribution in [3.05, 3.63) is 33.8 Å². The van der Waals surface area contributed by atoms with Gasteiger partial charge in [-0.2, -0.15) is 0 Å². The van der Waals surface area contributed by atoms with E-state index >= 15 is 0 Å². The minimum atomic E-state index is -0.0510. The number of hydrogen-bond acceptors (Lipinski definition) is 3. The van der Waals surface area contributed by atoms with Gasteiger partial charge >= 0.3 is 0 Å². The first-order valence-corrected chi connectivity index (χ1v) is 8.51. The molecule has 0 saturated carbocycles. The second-order valence-corrected chi connectivity index (χ2v) is 6.51. The summed E-state index contributed by atoms with van der Waals surface area (Å²) in [5, 5.41) is 1.18. The smallest absolute Gasteiger partial charge is 0.0640 e. The van der Waals surface area contributed by atoms with Gasteiger partial charge in [-0.1, -0.05) is 42.3 Å². The first-order valence-electron chi connectivity index (χ1n) is 7.76.